The Morgan fingerprint density at radius 1 is 1.33 bits per heavy atom. The van der Waals surface area contributed by atoms with Gasteiger partial charge in [0.05, 0.1) is 40.1 Å². The van der Waals surface area contributed by atoms with Gasteiger partial charge >= 0.3 is 0 Å². The zero-order chi connectivity index (χ0) is 10.7. The van der Waals surface area contributed by atoms with Gasteiger partial charge in [0.15, 0.2) is 0 Å². The maximum absolute atomic E-state index is 12.2. The fraction of sp³-hybridized carbons (Fsp3) is 0.400. The monoisotopic (exact) mass is 226 g/mol. The maximum atomic E-state index is 12.2. The highest BCUT2D eigenvalue weighted by Crippen LogP contribution is 2.19. The van der Waals surface area contributed by atoms with Gasteiger partial charge < -0.3 is 10.5 Å². The second-order valence-electron chi connectivity index (χ2n) is 3.48. The van der Waals surface area contributed by atoms with E-state index in [0.717, 1.165) is 0 Å². The van der Waals surface area contributed by atoms with Crippen LogP contribution in [0.2, 0.25) is 0 Å². The number of anilines is 1. The Labute approximate surface area is 89.6 Å². The number of rotatable bonds is 1. The number of nitrogens with zero attached hydrogens (tertiary/aromatic N) is 1. The van der Waals surface area contributed by atoms with Crippen molar-refractivity contribution in [1.82, 2.24) is 0 Å². The van der Waals surface area contributed by atoms with E-state index in [1.54, 1.807) is 12.1 Å². The average Bonchev–Trinajstić information content (AvgIpc) is 2.18. The van der Waals surface area contributed by atoms with E-state index >= 15 is 0 Å². The molecular formula is C10H14N2O2S. The number of ether oxygens (including phenoxy) is 1. The first-order chi connectivity index (χ1) is 7.18. The SMILES string of the molecule is Nc1cccc(N=S2(=O)CCOCC2)c1. The molecule has 1 aromatic carbocycles. The lowest BCUT2D eigenvalue weighted by Crippen LogP contribution is -2.25. The van der Waals surface area contributed by atoms with Crippen molar-refractivity contribution in [3.8, 4) is 0 Å². The molecule has 0 atom stereocenters. The Hall–Kier alpha value is -1.07. The standard InChI is InChI=1S/C10H14N2O2S/c11-9-2-1-3-10(8-9)12-15(13)6-4-14-5-7-15/h1-3,8H,4-7,11H2. The van der Waals surface area contributed by atoms with Crippen molar-refractivity contribution in [2.75, 3.05) is 30.5 Å². The third kappa shape index (κ3) is 2.70. The summed E-state index contributed by atoms with van der Waals surface area (Å²) in [5.74, 6) is 1.03. The molecule has 15 heavy (non-hydrogen) atoms. The molecular weight excluding hydrogens is 212 g/mol. The third-order valence-corrected chi connectivity index (χ3v) is 4.39. The molecule has 1 aromatic rings. The molecule has 1 fully saturated rings. The van der Waals surface area contributed by atoms with Crippen molar-refractivity contribution in [2.45, 2.75) is 0 Å². The van der Waals surface area contributed by atoms with Crippen LogP contribution in [0.3, 0.4) is 0 Å². The molecule has 4 nitrogen and oxygen atoms in total. The van der Waals surface area contributed by atoms with Crippen LogP contribution in [0.15, 0.2) is 28.6 Å². The topological polar surface area (TPSA) is 64.7 Å². The van der Waals surface area contributed by atoms with E-state index in [0.29, 0.717) is 36.1 Å². The predicted molar refractivity (Wildman–Crippen MR) is 61.6 cm³/mol. The van der Waals surface area contributed by atoms with E-state index in [2.05, 4.69) is 4.36 Å². The van der Waals surface area contributed by atoms with Gasteiger partial charge in [-0.15, -0.1) is 0 Å². The summed E-state index contributed by atoms with van der Waals surface area (Å²) in [6.45, 7) is 1.06. The highest BCUT2D eigenvalue weighted by molar-refractivity contribution is 7.93. The van der Waals surface area contributed by atoms with Crippen molar-refractivity contribution < 1.29 is 8.95 Å². The van der Waals surface area contributed by atoms with Crippen molar-refractivity contribution >= 4 is 21.1 Å². The Morgan fingerprint density at radius 3 is 2.73 bits per heavy atom. The van der Waals surface area contributed by atoms with Crippen molar-refractivity contribution in [3.05, 3.63) is 24.3 Å². The zero-order valence-corrected chi connectivity index (χ0v) is 9.20. The summed E-state index contributed by atoms with van der Waals surface area (Å²) in [7, 11) is -2.12. The van der Waals surface area contributed by atoms with Crippen LogP contribution in [-0.2, 0) is 14.5 Å². The first kappa shape index (κ1) is 10.4. The summed E-state index contributed by atoms with van der Waals surface area (Å²) in [5.41, 5.74) is 6.97. The summed E-state index contributed by atoms with van der Waals surface area (Å²) in [4.78, 5) is 0. The van der Waals surface area contributed by atoms with Crippen LogP contribution >= 0.6 is 0 Å². The predicted octanol–water partition coefficient (Wildman–Crippen LogP) is 1.40. The molecule has 0 aromatic heterocycles. The second-order valence-corrected chi connectivity index (χ2v) is 6.02. The minimum atomic E-state index is -2.12. The summed E-state index contributed by atoms with van der Waals surface area (Å²) in [5, 5.41) is 0. The van der Waals surface area contributed by atoms with E-state index in [1.807, 2.05) is 12.1 Å². The number of nitrogen functional groups attached to an aromatic ring is 1. The number of hydrogen-bond acceptors (Lipinski definition) is 4. The second kappa shape index (κ2) is 4.20. The molecule has 5 heteroatoms. The van der Waals surface area contributed by atoms with Gasteiger partial charge in [-0.2, -0.15) is 4.36 Å². The van der Waals surface area contributed by atoms with Gasteiger partial charge in [0, 0.05) is 5.69 Å². The van der Waals surface area contributed by atoms with Crippen molar-refractivity contribution in [1.29, 1.82) is 0 Å². The highest BCUT2D eigenvalue weighted by atomic mass is 32.2. The first-order valence-corrected chi connectivity index (χ1v) is 6.69. The van der Waals surface area contributed by atoms with E-state index in [9.17, 15) is 4.21 Å². The fourth-order valence-corrected chi connectivity index (χ4v) is 3.09. The molecule has 1 aliphatic rings. The molecule has 0 aliphatic carbocycles. The fourth-order valence-electron chi connectivity index (χ4n) is 1.45. The van der Waals surface area contributed by atoms with E-state index in [4.69, 9.17) is 10.5 Å². The summed E-state index contributed by atoms with van der Waals surface area (Å²) in [6.07, 6.45) is 0. The number of nitrogens with two attached hydrogens (primary N) is 1. The third-order valence-electron chi connectivity index (χ3n) is 2.24. The lowest BCUT2D eigenvalue weighted by molar-refractivity contribution is 0.158. The van der Waals surface area contributed by atoms with Gasteiger partial charge in [0.1, 0.15) is 0 Å². The van der Waals surface area contributed by atoms with E-state index in [1.165, 1.54) is 0 Å². The van der Waals surface area contributed by atoms with Crippen molar-refractivity contribution in [2.24, 2.45) is 4.36 Å². The van der Waals surface area contributed by atoms with Gasteiger partial charge in [-0.3, -0.25) is 0 Å². The molecule has 1 heterocycles. The maximum Gasteiger partial charge on any atom is 0.0750 e. The summed E-state index contributed by atoms with van der Waals surface area (Å²) in [6, 6.07) is 7.16. The molecule has 1 saturated heterocycles. The largest absolute Gasteiger partial charge is 0.399 e. The molecule has 0 amide bonds. The first-order valence-electron chi connectivity index (χ1n) is 4.84. The average molecular weight is 226 g/mol. The van der Waals surface area contributed by atoms with Crippen LogP contribution in [0, 0.1) is 0 Å². The molecule has 82 valence electrons. The van der Waals surface area contributed by atoms with Crippen LogP contribution in [0.4, 0.5) is 11.4 Å². The van der Waals surface area contributed by atoms with Gasteiger partial charge in [-0.25, -0.2) is 4.21 Å². The lowest BCUT2D eigenvalue weighted by atomic mass is 10.3. The quantitative estimate of drug-likeness (QED) is 0.736. The van der Waals surface area contributed by atoms with Gasteiger partial charge in [-0.1, -0.05) is 6.07 Å². The minimum Gasteiger partial charge on any atom is -0.399 e. The minimum absolute atomic E-state index is 0.516. The van der Waals surface area contributed by atoms with Crippen LogP contribution in [0.1, 0.15) is 0 Å². The Morgan fingerprint density at radius 2 is 2.07 bits per heavy atom. The Kier molecular flexibility index (Phi) is 2.93. The van der Waals surface area contributed by atoms with E-state index in [-0.39, 0.29) is 0 Å². The van der Waals surface area contributed by atoms with Gasteiger partial charge in [0.2, 0.25) is 0 Å². The van der Waals surface area contributed by atoms with Gasteiger partial charge in [-0.05, 0) is 18.2 Å². The van der Waals surface area contributed by atoms with Crippen LogP contribution in [-0.4, -0.2) is 28.9 Å². The van der Waals surface area contributed by atoms with Crippen LogP contribution < -0.4 is 5.73 Å². The normalized spacial score (nSPS) is 19.7. The molecule has 0 unspecified atom stereocenters. The molecule has 0 radical (unpaired) electrons. The highest BCUT2D eigenvalue weighted by Gasteiger charge is 2.14. The van der Waals surface area contributed by atoms with Crippen molar-refractivity contribution in [3.63, 3.8) is 0 Å². The zero-order valence-electron chi connectivity index (χ0n) is 8.39. The van der Waals surface area contributed by atoms with Crippen LogP contribution in [0.5, 0.6) is 0 Å². The Balaban J connectivity index is 2.32. The van der Waals surface area contributed by atoms with E-state index < -0.39 is 9.73 Å². The molecule has 1 aliphatic heterocycles. The lowest BCUT2D eigenvalue weighted by Gasteiger charge is -2.15. The smallest absolute Gasteiger partial charge is 0.0750 e. The number of hydrogen-bond donors (Lipinski definition) is 1. The molecule has 2 rings (SSSR count). The number of benzene rings is 1. The molecule has 0 bridgehead atoms. The van der Waals surface area contributed by atoms with Gasteiger partial charge in [0.25, 0.3) is 0 Å². The molecule has 2 N–H and O–H groups in total. The molecule has 0 saturated carbocycles. The summed E-state index contributed by atoms with van der Waals surface area (Å²) >= 11 is 0. The Bertz CT molecular complexity index is 452. The summed E-state index contributed by atoms with van der Waals surface area (Å²) < 4.78 is 21.6. The van der Waals surface area contributed by atoms with Crippen LogP contribution in [0.25, 0.3) is 0 Å². The molecule has 0 spiro atoms.